The number of nitrogens with zero attached hydrogens (tertiary/aromatic N) is 2. The highest BCUT2D eigenvalue weighted by atomic mass is 35.5. The molecule has 0 aromatic heterocycles. The number of hydrogen-bond donors (Lipinski definition) is 0. The van der Waals surface area contributed by atoms with Crippen molar-refractivity contribution in [3.63, 3.8) is 0 Å². The molecule has 132 valence electrons. The van der Waals surface area contributed by atoms with Gasteiger partial charge in [-0.05, 0) is 38.0 Å². The van der Waals surface area contributed by atoms with Crippen LogP contribution in [0.5, 0.6) is 0 Å². The Kier molecular flexibility index (Phi) is 5.20. The van der Waals surface area contributed by atoms with Gasteiger partial charge in [0.25, 0.3) is 0 Å². The minimum Gasteiger partial charge on any atom is -0.463 e. The molecule has 5 nitrogen and oxygen atoms in total. The van der Waals surface area contributed by atoms with Gasteiger partial charge in [-0.1, -0.05) is 42.4 Å². The van der Waals surface area contributed by atoms with Crippen LogP contribution < -0.4 is 0 Å². The highest BCUT2D eigenvalue weighted by Gasteiger charge is 2.47. The average molecular weight is 379 g/mol. The SMILES string of the molecule is CCOC(=O)C1=C(C)N=C2SC(CC)C(=O)N2C1c1ccc(Cl)cc1. The van der Waals surface area contributed by atoms with Crippen molar-refractivity contribution in [3.8, 4) is 0 Å². The maximum absolute atomic E-state index is 12.9. The van der Waals surface area contributed by atoms with E-state index in [1.807, 2.05) is 19.1 Å². The lowest BCUT2D eigenvalue weighted by molar-refractivity contribution is -0.139. The van der Waals surface area contributed by atoms with E-state index in [1.165, 1.54) is 11.8 Å². The van der Waals surface area contributed by atoms with Crippen LogP contribution in [0.25, 0.3) is 0 Å². The van der Waals surface area contributed by atoms with Gasteiger partial charge in [0, 0.05) is 5.02 Å². The quantitative estimate of drug-likeness (QED) is 0.744. The first-order valence-corrected chi connectivity index (χ1v) is 9.45. The maximum atomic E-state index is 12.9. The van der Waals surface area contributed by atoms with Gasteiger partial charge in [0.2, 0.25) is 5.91 Å². The van der Waals surface area contributed by atoms with Crippen LogP contribution in [0, 0.1) is 0 Å². The Morgan fingerprint density at radius 2 is 2.00 bits per heavy atom. The summed E-state index contributed by atoms with van der Waals surface area (Å²) in [7, 11) is 0. The minimum absolute atomic E-state index is 0.0273. The zero-order chi connectivity index (χ0) is 18.1. The third kappa shape index (κ3) is 3.20. The first-order valence-electron chi connectivity index (χ1n) is 8.19. The smallest absolute Gasteiger partial charge is 0.338 e. The Morgan fingerprint density at radius 3 is 2.60 bits per heavy atom. The van der Waals surface area contributed by atoms with Crippen molar-refractivity contribution in [2.24, 2.45) is 4.99 Å². The molecule has 0 spiro atoms. The van der Waals surface area contributed by atoms with Gasteiger partial charge in [0.1, 0.15) is 0 Å². The molecule has 2 unspecified atom stereocenters. The molecule has 2 aliphatic heterocycles. The molecule has 1 fully saturated rings. The Bertz CT molecular complexity index is 773. The molecule has 0 N–H and O–H groups in total. The molecule has 0 radical (unpaired) electrons. The number of aliphatic imine (C=N–C) groups is 1. The fraction of sp³-hybridized carbons (Fsp3) is 0.389. The average Bonchev–Trinajstić information content (AvgIpc) is 2.90. The van der Waals surface area contributed by atoms with Crippen LogP contribution in [0.4, 0.5) is 0 Å². The standard InChI is InChI=1S/C18H19ClN2O3S/c1-4-13-16(22)21-15(11-6-8-12(19)9-7-11)14(17(23)24-5-2)10(3)20-18(21)25-13/h6-9,13,15H,4-5H2,1-3H3. The number of amidine groups is 1. The van der Waals surface area contributed by atoms with Crippen LogP contribution in [0.3, 0.4) is 0 Å². The summed E-state index contributed by atoms with van der Waals surface area (Å²) >= 11 is 7.45. The van der Waals surface area contributed by atoms with Gasteiger partial charge in [-0.15, -0.1) is 0 Å². The van der Waals surface area contributed by atoms with Gasteiger partial charge in [-0.25, -0.2) is 9.79 Å². The molecular formula is C18H19ClN2O3S. The molecule has 3 rings (SSSR count). The molecule has 1 saturated heterocycles. The molecule has 7 heteroatoms. The minimum atomic E-state index is -0.541. The summed E-state index contributed by atoms with van der Waals surface area (Å²) < 4.78 is 5.23. The summed E-state index contributed by atoms with van der Waals surface area (Å²) in [5, 5.41) is 1.06. The van der Waals surface area contributed by atoms with Gasteiger partial charge in [-0.2, -0.15) is 0 Å². The van der Waals surface area contributed by atoms with E-state index in [-0.39, 0.29) is 17.8 Å². The van der Waals surface area contributed by atoms with Gasteiger partial charge in [0.15, 0.2) is 5.17 Å². The van der Waals surface area contributed by atoms with Gasteiger partial charge in [-0.3, -0.25) is 9.69 Å². The number of fused-ring (bicyclic) bond motifs is 1. The Morgan fingerprint density at radius 1 is 1.32 bits per heavy atom. The maximum Gasteiger partial charge on any atom is 0.338 e. The number of carbonyl (C=O) groups is 2. The molecular weight excluding hydrogens is 360 g/mol. The van der Waals surface area contributed by atoms with Crippen molar-refractivity contribution < 1.29 is 14.3 Å². The summed E-state index contributed by atoms with van der Waals surface area (Å²) in [6, 6.07) is 6.64. The molecule has 2 heterocycles. The summed E-state index contributed by atoms with van der Waals surface area (Å²) in [6.07, 6.45) is 0.708. The lowest BCUT2D eigenvalue weighted by Gasteiger charge is -2.33. The van der Waals surface area contributed by atoms with E-state index in [1.54, 1.807) is 30.9 Å². The van der Waals surface area contributed by atoms with Crippen LogP contribution in [0.1, 0.15) is 38.8 Å². The molecule has 1 aromatic rings. The van der Waals surface area contributed by atoms with Crippen molar-refractivity contribution in [2.45, 2.75) is 38.5 Å². The predicted octanol–water partition coefficient (Wildman–Crippen LogP) is 3.94. The van der Waals surface area contributed by atoms with Crippen LogP contribution in [0.2, 0.25) is 5.02 Å². The van der Waals surface area contributed by atoms with Crippen molar-refractivity contribution in [1.82, 2.24) is 4.90 Å². The Labute approximate surface area is 156 Å². The molecule has 0 saturated carbocycles. The van der Waals surface area contributed by atoms with Crippen molar-refractivity contribution in [2.75, 3.05) is 6.61 Å². The number of hydrogen-bond acceptors (Lipinski definition) is 5. The Balaban J connectivity index is 2.13. The number of amides is 1. The first kappa shape index (κ1) is 18.0. The molecule has 25 heavy (non-hydrogen) atoms. The van der Waals surface area contributed by atoms with Gasteiger partial charge >= 0.3 is 5.97 Å². The van der Waals surface area contributed by atoms with Gasteiger partial charge in [0.05, 0.1) is 29.2 Å². The van der Waals surface area contributed by atoms with Crippen LogP contribution in [-0.4, -0.2) is 33.8 Å². The van der Waals surface area contributed by atoms with Crippen molar-refractivity contribution in [3.05, 3.63) is 46.1 Å². The van der Waals surface area contributed by atoms with Crippen LogP contribution in [-0.2, 0) is 14.3 Å². The zero-order valence-electron chi connectivity index (χ0n) is 14.3. The number of carbonyl (C=O) groups excluding carboxylic acids is 2. The molecule has 1 aromatic carbocycles. The largest absolute Gasteiger partial charge is 0.463 e. The molecule has 2 atom stereocenters. The second-order valence-corrected chi connectivity index (χ2v) is 7.40. The lowest BCUT2D eigenvalue weighted by Crippen LogP contribution is -2.40. The third-order valence-electron chi connectivity index (χ3n) is 4.20. The highest BCUT2D eigenvalue weighted by Crippen LogP contribution is 2.44. The van der Waals surface area contributed by atoms with E-state index in [2.05, 4.69) is 4.99 Å². The zero-order valence-corrected chi connectivity index (χ0v) is 15.9. The van der Waals surface area contributed by atoms with E-state index >= 15 is 0 Å². The summed E-state index contributed by atoms with van der Waals surface area (Å²) in [4.78, 5) is 31.6. The summed E-state index contributed by atoms with van der Waals surface area (Å²) in [5.74, 6) is -0.471. The number of thioether (sulfide) groups is 1. The molecule has 2 aliphatic rings. The number of halogens is 1. The van der Waals surface area contributed by atoms with Crippen LogP contribution in [0.15, 0.2) is 40.5 Å². The number of allylic oxidation sites excluding steroid dienone is 1. The topological polar surface area (TPSA) is 59.0 Å². The molecule has 1 amide bonds. The number of benzene rings is 1. The first-order chi connectivity index (χ1) is 12.0. The van der Waals surface area contributed by atoms with Crippen LogP contribution >= 0.6 is 23.4 Å². The van der Waals surface area contributed by atoms with E-state index in [4.69, 9.17) is 16.3 Å². The van der Waals surface area contributed by atoms with E-state index in [0.29, 0.717) is 27.9 Å². The van der Waals surface area contributed by atoms with Gasteiger partial charge < -0.3 is 4.74 Å². The second kappa shape index (κ2) is 7.22. The summed E-state index contributed by atoms with van der Waals surface area (Å²) in [6.45, 7) is 5.77. The lowest BCUT2D eigenvalue weighted by atomic mass is 9.94. The van der Waals surface area contributed by atoms with E-state index in [9.17, 15) is 9.59 Å². The van der Waals surface area contributed by atoms with E-state index < -0.39 is 12.0 Å². The number of rotatable bonds is 4. The molecule has 0 aliphatic carbocycles. The van der Waals surface area contributed by atoms with E-state index in [0.717, 1.165) is 5.56 Å². The fourth-order valence-corrected chi connectivity index (χ4v) is 4.28. The fourth-order valence-electron chi connectivity index (χ4n) is 3.02. The summed E-state index contributed by atoms with van der Waals surface area (Å²) in [5.41, 5.74) is 1.80. The Hall–Kier alpha value is -1.79. The monoisotopic (exact) mass is 378 g/mol. The molecule has 0 bridgehead atoms. The number of esters is 1. The second-order valence-electron chi connectivity index (χ2n) is 5.79. The van der Waals surface area contributed by atoms with Crippen molar-refractivity contribution in [1.29, 1.82) is 0 Å². The predicted molar refractivity (Wildman–Crippen MR) is 99.5 cm³/mol. The van der Waals surface area contributed by atoms with Crippen molar-refractivity contribution >= 4 is 40.4 Å². The third-order valence-corrected chi connectivity index (χ3v) is 5.77. The normalized spacial score (nSPS) is 22.8. The highest BCUT2D eigenvalue weighted by molar-refractivity contribution is 8.15. The number of ether oxygens (including phenoxy) is 1.